The minimum absolute atomic E-state index is 0.00794. The van der Waals surface area contributed by atoms with Gasteiger partial charge in [0.15, 0.2) is 5.58 Å². The highest BCUT2D eigenvalue weighted by atomic mass is 16.5. The molecule has 0 fully saturated rings. The molecule has 0 aliphatic rings. The average Bonchev–Trinajstić information content (AvgIpc) is 2.78. The van der Waals surface area contributed by atoms with E-state index in [2.05, 4.69) is 10.5 Å². The monoisotopic (exact) mass is 304 g/mol. The van der Waals surface area contributed by atoms with Crippen LogP contribution in [-0.4, -0.2) is 28.2 Å². The third kappa shape index (κ3) is 3.27. The van der Waals surface area contributed by atoms with Crippen LogP contribution in [0.1, 0.15) is 30.7 Å². The number of benzene rings is 1. The summed E-state index contributed by atoms with van der Waals surface area (Å²) in [5.74, 6) is -1.62. The number of aliphatic carboxylic acids is 1. The van der Waals surface area contributed by atoms with Crippen LogP contribution >= 0.6 is 0 Å². The highest BCUT2D eigenvalue weighted by Crippen LogP contribution is 2.23. The highest BCUT2D eigenvalue weighted by molar-refractivity contribution is 5.89. The molecular formula is C16H20N2O4. The lowest BCUT2D eigenvalue weighted by molar-refractivity contribution is -0.143. The van der Waals surface area contributed by atoms with Gasteiger partial charge in [0.2, 0.25) is 5.91 Å². The van der Waals surface area contributed by atoms with E-state index in [1.165, 1.54) is 0 Å². The van der Waals surface area contributed by atoms with Crippen LogP contribution in [0.15, 0.2) is 16.7 Å². The summed E-state index contributed by atoms with van der Waals surface area (Å²) in [5, 5.41) is 16.4. The Labute approximate surface area is 128 Å². The molecular weight excluding hydrogens is 284 g/mol. The Balaban J connectivity index is 2.18. The van der Waals surface area contributed by atoms with Gasteiger partial charge in [0.25, 0.3) is 0 Å². The minimum atomic E-state index is -1.04. The normalized spacial score (nSPS) is 12.6. The first kappa shape index (κ1) is 16.0. The number of carbonyl (C=O) groups is 2. The lowest BCUT2D eigenvalue weighted by Crippen LogP contribution is -2.44. The molecule has 1 atom stereocenters. The average molecular weight is 304 g/mol. The van der Waals surface area contributed by atoms with Gasteiger partial charge >= 0.3 is 5.97 Å². The molecule has 22 heavy (non-hydrogen) atoms. The van der Waals surface area contributed by atoms with E-state index >= 15 is 0 Å². The summed E-state index contributed by atoms with van der Waals surface area (Å²) in [6.45, 7) is 7.45. The molecule has 2 rings (SSSR count). The summed E-state index contributed by atoms with van der Waals surface area (Å²) in [6.07, 6.45) is -0.00794. The molecule has 118 valence electrons. The summed E-state index contributed by atoms with van der Waals surface area (Å²) < 4.78 is 5.24. The molecule has 0 radical (unpaired) electrons. The number of nitrogens with zero attached hydrogens (tertiary/aromatic N) is 1. The Bertz CT molecular complexity index is 718. The topological polar surface area (TPSA) is 92.4 Å². The van der Waals surface area contributed by atoms with Crippen molar-refractivity contribution in [3.05, 3.63) is 29.0 Å². The van der Waals surface area contributed by atoms with Crippen LogP contribution in [0, 0.1) is 19.8 Å². The van der Waals surface area contributed by atoms with Crippen molar-refractivity contribution in [2.75, 3.05) is 0 Å². The van der Waals surface area contributed by atoms with Crippen molar-refractivity contribution in [3.8, 4) is 0 Å². The molecule has 1 heterocycles. The van der Waals surface area contributed by atoms with E-state index in [0.29, 0.717) is 11.3 Å². The maximum absolute atomic E-state index is 12.1. The lowest BCUT2D eigenvalue weighted by atomic mass is 10.0. The number of aryl methyl sites for hydroxylation is 2. The van der Waals surface area contributed by atoms with Gasteiger partial charge in [-0.1, -0.05) is 19.0 Å². The Morgan fingerprint density at radius 2 is 1.91 bits per heavy atom. The molecule has 2 N–H and O–H groups in total. The second-order valence-corrected chi connectivity index (χ2v) is 5.87. The standard InChI is InChI=1S/C16H20N2O4/c1-8(2)15(16(20)21)17-14(19)7-12-11-5-9(3)10(4)6-13(11)22-18-12/h5-6,8,15H,7H2,1-4H3,(H,17,19)(H,20,21). The van der Waals surface area contributed by atoms with Crippen LogP contribution in [0.3, 0.4) is 0 Å². The Morgan fingerprint density at radius 1 is 1.27 bits per heavy atom. The number of rotatable bonds is 5. The van der Waals surface area contributed by atoms with E-state index in [1.54, 1.807) is 13.8 Å². The van der Waals surface area contributed by atoms with E-state index in [0.717, 1.165) is 16.5 Å². The summed E-state index contributed by atoms with van der Waals surface area (Å²) in [4.78, 5) is 23.2. The van der Waals surface area contributed by atoms with Crippen LogP contribution < -0.4 is 5.32 Å². The van der Waals surface area contributed by atoms with Crippen molar-refractivity contribution in [3.63, 3.8) is 0 Å². The number of nitrogens with one attached hydrogen (secondary N) is 1. The van der Waals surface area contributed by atoms with Crippen molar-refractivity contribution in [1.82, 2.24) is 10.5 Å². The van der Waals surface area contributed by atoms with Crippen LogP contribution in [0.2, 0.25) is 0 Å². The fraction of sp³-hybridized carbons (Fsp3) is 0.438. The highest BCUT2D eigenvalue weighted by Gasteiger charge is 2.24. The minimum Gasteiger partial charge on any atom is -0.480 e. The molecule has 0 spiro atoms. The first-order chi connectivity index (χ1) is 10.3. The first-order valence-electron chi connectivity index (χ1n) is 7.17. The number of carboxylic acid groups (broad SMARTS) is 1. The fourth-order valence-electron chi connectivity index (χ4n) is 2.26. The second-order valence-electron chi connectivity index (χ2n) is 5.87. The van der Waals surface area contributed by atoms with Crippen molar-refractivity contribution >= 4 is 22.8 Å². The van der Waals surface area contributed by atoms with Gasteiger partial charge in [-0.05, 0) is 43.0 Å². The van der Waals surface area contributed by atoms with Gasteiger partial charge in [-0.15, -0.1) is 0 Å². The van der Waals surface area contributed by atoms with E-state index in [-0.39, 0.29) is 18.2 Å². The molecule has 0 saturated carbocycles. The van der Waals surface area contributed by atoms with Crippen molar-refractivity contribution in [1.29, 1.82) is 0 Å². The third-order valence-corrected chi connectivity index (χ3v) is 3.74. The Kier molecular flexibility index (Phi) is 4.49. The molecule has 6 nitrogen and oxygen atoms in total. The molecule has 1 aromatic carbocycles. The SMILES string of the molecule is Cc1cc2onc(CC(=O)NC(C(=O)O)C(C)C)c2cc1C. The van der Waals surface area contributed by atoms with E-state index < -0.39 is 12.0 Å². The first-order valence-corrected chi connectivity index (χ1v) is 7.17. The third-order valence-electron chi connectivity index (χ3n) is 3.74. The van der Waals surface area contributed by atoms with Gasteiger partial charge in [-0.25, -0.2) is 4.79 Å². The zero-order valence-corrected chi connectivity index (χ0v) is 13.1. The van der Waals surface area contributed by atoms with E-state index in [9.17, 15) is 9.59 Å². The van der Waals surface area contributed by atoms with Crippen LogP contribution in [0.5, 0.6) is 0 Å². The zero-order valence-electron chi connectivity index (χ0n) is 13.1. The zero-order chi connectivity index (χ0) is 16.4. The van der Waals surface area contributed by atoms with Gasteiger partial charge in [0.1, 0.15) is 11.7 Å². The van der Waals surface area contributed by atoms with Gasteiger partial charge in [0.05, 0.1) is 6.42 Å². The molecule has 1 amide bonds. The summed E-state index contributed by atoms with van der Waals surface area (Å²) in [7, 11) is 0. The van der Waals surface area contributed by atoms with Gasteiger partial charge < -0.3 is 14.9 Å². The number of hydrogen-bond acceptors (Lipinski definition) is 4. The maximum atomic E-state index is 12.1. The Hall–Kier alpha value is -2.37. The number of carboxylic acids is 1. The second kappa shape index (κ2) is 6.17. The molecule has 6 heteroatoms. The summed E-state index contributed by atoms with van der Waals surface area (Å²) in [6, 6.07) is 2.91. The van der Waals surface area contributed by atoms with E-state index in [4.69, 9.17) is 9.63 Å². The number of carbonyl (C=O) groups excluding carboxylic acids is 1. The largest absolute Gasteiger partial charge is 0.480 e. The molecule has 2 aromatic rings. The molecule has 1 aromatic heterocycles. The molecule has 0 saturated heterocycles. The number of aromatic nitrogens is 1. The summed E-state index contributed by atoms with van der Waals surface area (Å²) in [5.41, 5.74) is 3.32. The molecule has 0 aliphatic heterocycles. The summed E-state index contributed by atoms with van der Waals surface area (Å²) >= 11 is 0. The van der Waals surface area contributed by atoms with Crippen LogP contribution in [0.25, 0.3) is 11.0 Å². The molecule has 0 bridgehead atoms. The lowest BCUT2D eigenvalue weighted by Gasteiger charge is -2.17. The van der Waals surface area contributed by atoms with Crippen LogP contribution in [-0.2, 0) is 16.0 Å². The fourth-order valence-corrected chi connectivity index (χ4v) is 2.26. The molecule has 1 unspecified atom stereocenters. The van der Waals surface area contributed by atoms with Crippen molar-refractivity contribution < 1.29 is 19.2 Å². The van der Waals surface area contributed by atoms with Gasteiger partial charge in [-0.2, -0.15) is 0 Å². The number of fused-ring (bicyclic) bond motifs is 1. The number of hydrogen-bond donors (Lipinski definition) is 2. The molecule has 0 aliphatic carbocycles. The number of amides is 1. The van der Waals surface area contributed by atoms with Crippen molar-refractivity contribution in [2.45, 2.75) is 40.2 Å². The quantitative estimate of drug-likeness (QED) is 0.883. The van der Waals surface area contributed by atoms with Crippen LogP contribution in [0.4, 0.5) is 0 Å². The maximum Gasteiger partial charge on any atom is 0.326 e. The van der Waals surface area contributed by atoms with E-state index in [1.807, 2.05) is 26.0 Å². The van der Waals surface area contributed by atoms with Gasteiger partial charge in [0, 0.05) is 5.39 Å². The predicted octanol–water partition coefficient (Wildman–Crippen LogP) is 2.21. The van der Waals surface area contributed by atoms with Crippen molar-refractivity contribution in [2.24, 2.45) is 5.92 Å². The smallest absolute Gasteiger partial charge is 0.326 e. The predicted molar refractivity (Wildman–Crippen MR) is 81.6 cm³/mol. The Morgan fingerprint density at radius 3 is 2.50 bits per heavy atom. The van der Waals surface area contributed by atoms with Gasteiger partial charge in [-0.3, -0.25) is 4.79 Å².